The molecule has 1 aromatic heterocycles. The Bertz CT molecular complexity index is 1110. The highest BCUT2D eigenvalue weighted by atomic mass is 19.1. The minimum absolute atomic E-state index is 0.0734. The van der Waals surface area contributed by atoms with E-state index in [2.05, 4.69) is 45.4 Å². The Labute approximate surface area is 212 Å². The van der Waals surface area contributed by atoms with Crippen molar-refractivity contribution in [3.8, 4) is 11.8 Å². The van der Waals surface area contributed by atoms with Gasteiger partial charge in [0.25, 0.3) is 0 Å². The molecule has 5 rings (SSSR count). The molecule has 0 unspecified atom stereocenters. The van der Waals surface area contributed by atoms with Crippen LogP contribution in [0.5, 0.6) is 5.75 Å². The third kappa shape index (κ3) is 5.55. The first-order chi connectivity index (χ1) is 17.4. The summed E-state index contributed by atoms with van der Waals surface area (Å²) in [5.74, 6) is 1.00. The second kappa shape index (κ2) is 10.6. The number of hydrogen-bond acceptors (Lipinski definition) is 8. The summed E-state index contributed by atoms with van der Waals surface area (Å²) in [6.07, 6.45) is 7.45. The summed E-state index contributed by atoms with van der Waals surface area (Å²) < 4.78 is 26.0. The fourth-order valence-electron chi connectivity index (χ4n) is 5.91. The molecule has 36 heavy (non-hydrogen) atoms. The van der Waals surface area contributed by atoms with Crippen LogP contribution in [0.15, 0.2) is 24.4 Å². The van der Waals surface area contributed by atoms with E-state index < -0.39 is 5.82 Å². The van der Waals surface area contributed by atoms with Gasteiger partial charge in [-0.3, -0.25) is 4.90 Å². The second-order valence-corrected chi connectivity index (χ2v) is 10.8. The van der Waals surface area contributed by atoms with Crippen molar-refractivity contribution >= 4 is 17.5 Å². The normalized spacial score (nSPS) is 24.1. The molecule has 0 aliphatic carbocycles. The van der Waals surface area contributed by atoms with Crippen LogP contribution in [-0.2, 0) is 4.74 Å². The number of benzene rings is 1. The molecule has 4 heterocycles. The van der Waals surface area contributed by atoms with E-state index >= 15 is 0 Å². The van der Waals surface area contributed by atoms with Gasteiger partial charge in [0.05, 0.1) is 18.4 Å². The summed E-state index contributed by atoms with van der Waals surface area (Å²) in [4.78, 5) is 11.1. The first-order valence-corrected chi connectivity index (χ1v) is 13.0. The van der Waals surface area contributed by atoms with Crippen LogP contribution in [0.1, 0.15) is 57.9 Å². The van der Waals surface area contributed by atoms with Crippen molar-refractivity contribution in [2.45, 2.75) is 70.0 Å². The highest BCUT2D eigenvalue weighted by Gasteiger charge is 2.43. The smallest absolute Gasteiger partial charge is 0.229 e. The Morgan fingerprint density at radius 3 is 2.92 bits per heavy atom. The van der Waals surface area contributed by atoms with Crippen LogP contribution in [0.2, 0.25) is 0 Å². The maximum atomic E-state index is 14.6. The number of anilines is 3. The Hall–Kier alpha value is -2.96. The average molecular weight is 495 g/mol. The molecule has 0 saturated carbocycles. The van der Waals surface area contributed by atoms with Crippen molar-refractivity contribution in [2.24, 2.45) is 5.92 Å². The number of ether oxygens (including phenoxy) is 2. The monoisotopic (exact) mass is 494 g/mol. The molecule has 3 aliphatic heterocycles. The fourth-order valence-corrected chi connectivity index (χ4v) is 5.91. The highest BCUT2D eigenvalue weighted by Crippen LogP contribution is 2.38. The van der Waals surface area contributed by atoms with Gasteiger partial charge in [0.1, 0.15) is 11.8 Å². The number of nitrogens with one attached hydrogen (secondary N) is 2. The Balaban J connectivity index is 1.25. The summed E-state index contributed by atoms with van der Waals surface area (Å²) in [5.41, 5.74) is 1.14. The topological polar surface area (TPSA) is 95.3 Å². The number of fused-ring (bicyclic) bond motifs is 1. The van der Waals surface area contributed by atoms with E-state index in [0.717, 1.165) is 45.4 Å². The average Bonchev–Trinajstić information content (AvgIpc) is 3.35. The van der Waals surface area contributed by atoms with Gasteiger partial charge in [-0.1, -0.05) is 0 Å². The molecule has 192 valence electrons. The number of nitrogens with zero attached hydrogens (tertiary/aromatic N) is 4. The molecule has 3 fully saturated rings. The Morgan fingerprint density at radius 2 is 2.11 bits per heavy atom. The van der Waals surface area contributed by atoms with Gasteiger partial charge in [-0.15, -0.1) is 0 Å². The van der Waals surface area contributed by atoms with E-state index in [1.54, 1.807) is 12.1 Å². The highest BCUT2D eigenvalue weighted by molar-refractivity contribution is 5.61. The molecule has 2 aromatic rings. The molecule has 9 heteroatoms. The van der Waals surface area contributed by atoms with E-state index in [1.165, 1.54) is 19.0 Å². The van der Waals surface area contributed by atoms with Gasteiger partial charge in [-0.25, -0.2) is 9.37 Å². The Kier molecular flexibility index (Phi) is 7.26. The van der Waals surface area contributed by atoms with Gasteiger partial charge in [-0.05, 0) is 83.0 Å². The van der Waals surface area contributed by atoms with Gasteiger partial charge in [0, 0.05) is 36.5 Å². The van der Waals surface area contributed by atoms with Crippen LogP contribution < -0.4 is 15.4 Å². The molecule has 0 radical (unpaired) electrons. The van der Waals surface area contributed by atoms with Crippen LogP contribution in [0.4, 0.5) is 21.8 Å². The molecule has 1 aromatic carbocycles. The van der Waals surface area contributed by atoms with Gasteiger partial charge in [0.2, 0.25) is 5.95 Å². The van der Waals surface area contributed by atoms with Crippen molar-refractivity contribution in [3.63, 3.8) is 0 Å². The largest absolute Gasteiger partial charge is 0.492 e. The predicted octanol–water partition coefficient (Wildman–Crippen LogP) is 4.85. The van der Waals surface area contributed by atoms with E-state index in [-0.39, 0.29) is 23.3 Å². The van der Waals surface area contributed by atoms with Crippen molar-refractivity contribution in [3.05, 3.63) is 35.8 Å². The molecule has 0 spiro atoms. The number of piperidine rings is 1. The molecule has 0 bridgehead atoms. The molecule has 2 N–H and O–H groups in total. The maximum absolute atomic E-state index is 14.6. The SMILES string of the molecule is CC1(C)C[C@H](Nc2nc(Nc3ccc(OCC4CCOCC4)c(C#N)c3)ncc2F)C[C@H]2CCCN21. The van der Waals surface area contributed by atoms with Crippen LogP contribution in [0.25, 0.3) is 0 Å². The molecular formula is C27H35FN6O2. The second-order valence-electron chi connectivity index (χ2n) is 10.8. The standard InChI is InChI=1S/C27H35FN6O2/c1-27(2)14-21(13-22-4-3-9-34(22)27)31-25-23(28)16-30-26(33-25)32-20-5-6-24(19(12-20)15-29)36-17-18-7-10-35-11-8-18/h5-6,12,16,18,21-22H,3-4,7-11,13-14,17H2,1-2H3,(H2,30,31,32,33)/t21-,22-/m1/s1. The van der Waals surface area contributed by atoms with Crippen molar-refractivity contribution in [1.29, 1.82) is 5.26 Å². The zero-order chi connectivity index (χ0) is 25.1. The minimum Gasteiger partial charge on any atom is -0.492 e. The summed E-state index contributed by atoms with van der Waals surface area (Å²) in [5, 5.41) is 16.1. The fraction of sp³-hybridized carbons (Fsp3) is 0.593. The van der Waals surface area contributed by atoms with E-state index in [9.17, 15) is 9.65 Å². The quantitative estimate of drug-likeness (QED) is 0.564. The van der Waals surface area contributed by atoms with Crippen LogP contribution in [-0.4, -0.2) is 58.9 Å². The molecule has 8 nitrogen and oxygen atoms in total. The first kappa shape index (κ1) is 24.7. The van der Waals surface area contributed by atoms with E-state index in [1.807, 2.05) is 6.07 Å². The van der Waals surface area contributed by atoms with Gasteiger partial charge >= 0.3 is 0 Å². The predicted molar refractivity (Wildman–Crippen MR) is 136 cm³/mol. The number of halogens is 1. The lowest BCUT2D eigenvalue weighted by Gasteiger charge is -2.47. The molecular weight excluding hydrogens is 459 g/mol. The van der Waals surface area contributed by atoms with E-state index in [4.69, 9.17) is 9.47 Å². The molecule has 3 saturated heterocycles. The first-order valence-electron chi connectivity index (χ1n) is 13.0. The van der Waals surface area contributed by atoms with Crippen LogP contribution >= 0.6 is 0 Å². The van der Waals surface area contributed by atoms with Crippen LogP contribution in [0.3, 0.4) is 0 Å². The van der Waals surface area contributed by atoms with Gasteiger partial charge < -0.3 is 20.1 Å². The van der Waals surface area contributed by atoms with Crippen molar-refractivity contribution < 1.29 is 13.9 Å². The molecule has 0 amide bonds. The number of nitriles is 1. The number of rotatable bonds is 7. The van der Waals surface area contributed by atoms with Crippen LogP contribution in [0, 0.1) is 23.1 Å². The van der Waals surface area contributed by atoms with Crippen molar-refractivity contribution in [1.82, 2.24) is 14.9 Å². The minimum atomic E-state index is -0.471. The maximum Gasteiger partial charge on any atom is 0.229 e. The van der Waals surface area contributed by atoms with Gasteiger partial charge in [0.15, 0.2) is 11.6 Å². The van der Waals surface area contributed by atoms with Crippen molar-refractivity contribution in [2.75, 3.05) is 37.0 Å². The summed E-state index contributed by atoms with van der Waals surface area (Å²) in [7, 11) is 0. The van der Waals surface area contributed by atoms with E-state index in [0.29, 0.717) is 35.6 Å². The zero-order valence-corrected chi connectivity index (χ0v) is 21.1. The summed E-state index contributed by atoms with van der Waals surface area (Å²) in [6, 6.07) is 8.18. The third-order valence-corrected chi connectivity index (χ3v) is 7.71. The zero-order valence-electron chi connectivity index (χ0n) is 21.1. The molecule has 3 aliphatic rings. The van der Waals surface area contributed by atoms with Gasteiger partial charge in [-0.2, -0.15) is 10.2 Å². The lowest BCUT2D eigenvalue weighted by molar-refractivity contribution is 0.0497. The lowest BCUT2D eigenvalue weighted by Crippen LogP contribution is -2.55. The third-order valence-electron chi connectivity index (χ3n) is 7.71. The summed E-state index contributed by atoms with van der Waals surface area (Å²) >= 11 is 0. The number of hydrogen-bond donors (Lipinski definition) is 2. The number of aromatic nitrogens is 2. The molecule has 2 atom stereocenters. The summed E-state index contributed by atoms with van der Waals surface area (Å²) in [6.45, 7) is 7.77. The lowest BCUT2D eigenvalue weighted by atomic mass is 9.84. The Morgan fingerprint density at radius 1 is 1.28 bits per heavy atom.